The van der Waals surface area contributed by atoms with Crippen LogP contribution < -0.4 is 5.32 Å². The molecule has 6 nitrogen and oxygen atoms in total. The van der Waals surface area contributed by atoms with E-state index in [0.717, 1.165) is 19.3 Å². The van der Waals surface area contributed by atoms with Gasteiger partial charge in [0.05, 0.1) is 0 Å². The van der Waals surface area contributed by atoms with Crippen LogP contribution in [0.2, 0.25) is 0 Å². The highest BCUT2D eigenvalue weighted by Gasteiger charge is 2.42. The maximum Gasteiger partial charge on any atom is 0.354 e. The van der Waals surface area contributed by atoms with Crippen LogP contribution in [-0.4, -0.2) is 42.2 Å². The highest BCUT2D eigenvalue weighted by atomic mass is 16.5. The minimum Gasteiger partial charge on any atom is -0.477 e. The van der Waals surface area contributed by atoms with Gasteiger partial charge in [-0.15, -0.1) is 0 Å². The SMILES string of the molecule is COCCC1(CNC(=O)c2ccnc(C(=O)O)c2)CC1. The molecule has 6 heteroatoms. The molecule has 1 heterocycles. The second kappa shape index (κ2) is 6.00. The third-order valence-corrected chi connectivity index (χ3v) is 3.66. The number of hydrogen-bond donors (Lipinski definition) is 2. The van der Waals surface area contributed by atoms with Crippen molar-refractivity contribution in [2.75, 3.05) is 20.3 Å². The minimum absolute atomic E-state index is 0.127. The van der Waals surface area contributed by atoms with E-state index in [1.54, 1.807) is 7.11 Å². The van der Waals surface area contributed by atoms with Crippen LogP contribution in [0.25, 0.3) is 0 Å². The Balaban J connectivity index is 1.92. The molecule has 108 valence electrons. The molecule has 20 heavy (non-hydrogen) atoms. The Morgan fingerprint density at radius 2 is 2.25 bits per heavy atom. The number of aromatic nitrogens is 1. The zero-order valence-electron chi connectivity index (χ0n) is 11.4. The average molecular weight is 278 g/mol. The van der Waals surface area contributed by atoms with Crippen LogP contribution in [0.15, 0.2) is 18.3 Å². The normalized spacial score (nSPS) is 15.7. The average Bonchev–Trinajstić information content (AvgIpc) is 3.23. The summed E-state index contributed by atoms with van der Waals surface area (Å²) in [5, 5.41) is 11.7. The molecule has 1 fully saturated rings. The van der Waals surface area contributed by atoms with Gasteiger partial charge in [-0.25, -0.2) is 9.78 Å². The highest BCUT2D eigenvalue weighted by molar-refractivity contribution is 5.96. The van der Waals surface area contributed by atoms with Crippen molar-refractivity contribution in [3.8, 4) is 0 Å². The third kappa shape index (κ3) is 3.54. The number of methoxy groups -OCH3 is 1. The number of pyridine rings is 1. The van der Waals surface area contributed by atoms with Crippen LogP contribution in [0.3, 0.4) is 0 Å². The molecule has 0 atom stereocenters. The number of nitrogens with one attached hydrogen (secondary N) is 1. The molecule has 2 rings (SSSR count). The summed E-state index contributed by atoms with van der Waals surface area (Å²) < 4.78 is 5.06. The molecule has 1 amide bonds. The van der Waals surface area contributed by atoms with Crippen LogP contribution in [0, 0.1) is 5.41 Å². The summed E-state index contributed by atoms with van der Waals surface area (Å²) in [6.45, 7) is 1.29. The number of carbonyl (C=O) groups excluding carboxylic acids is 1. The molecule has 1 aliphatic rings. The second-order valence-electron chi connectivity index (χ2n) is 5.16. The van der Waals surface area contributed by atoms with Gasteiger partial charge in [-0.1, -0.05) is 0 Å². The van der Waals surface area contributed by atoms with Gasteiger partial charge in [0.2, 0.25) is 0 Å². The Bertz CT molecular complexity index is 512. The molecule has 0 bridgehead atoms. The van der Waals surface area contributed by atoms with Gasteiger partial charge >= 0.3 is 5.97 Å². The standard InChI is InChI=1S/C14H18N2O4/c1-20-7-5-14(3-4-14)9-16-12(17)10-2-6-15-11(8-10)13(18)19/h2,6,8H,3-5,7,9H2,1H3,(H,16,17)(H,18,19). The Morgan fingerprint density at radius 1 is 1.50 bits per heavy atom. The van der Waals surface area contributed by atoms with E-state index in [4.69, 9.17) is 9.84 Å². The summed E-state index contributed by atoms with van der Waals surface area (Å²) in [6.07, 6.45) is 4.44. The van der Waals surface area contributed by atoms with Crippen molar-refractivity contribution in [2.24, 2.45) is 5.41 Å². The van der Waals surface area contributed by atoms with Gasteiger partial charge in [0.15, 0.2) is 0 Å². The molecule has 1 saturated carbocycles. The summed E-state index contributed by atoms with van der Waals surface area (Å²) >= 11 is 0. The molecule has 2 N–H and O–H groups in total. The Kier molecular flexibility index (Phi) is 4.34. The summed E-state index contributed by atoms with van der Waals surface area (Å²) in [5.74, 6) is -1.41. The van der Waals surface area contributed by atoms with Gasteiger partial charge in [-0.3, -0.25) is 4.79 Å². The Hall–Kier alpha value is -1.95. The summed E-state index contributed by atoms with van der Waals surface area (Å²) in [6, 6.07) is 2.79. The number of nitrogens with zero attached hydrogens (tertiary/aromatic N) is 1. The van der Waals surface area contributed by atoms with Crippen molar-refractivity contribution < 1.29 is 19.4 Å². The zero-order valence-corrected chi connectivity index (χ0v) is 11.4. The van der Waals surface area contributed by atoms with Crippen LogP contribution in [0.4, 0.5) is 0 Å². The molecule has 0 radical (unpaired) electrons. The fourth-order valence-corrected chi connectivity index (χ4v) is 2.07. The topological polar surface area (TPSA) is 88.5 Å². The van der Waals surface area contributed by atoms with E-state index >= 15 is 0 Å². The van der Waals surface area contributed by atoms with E-state index in [9.17, 15) is 9.59 Å². The van der Waals surface area contributed by atoms with Gasteiger partial charge in [0, 0.05) is 32.0 Å². The first-order valence-corrected chi connectivity index (χ1v) is 6.53. The first-order valence-electron chi connectivity index (χ1n) is 6.53. The van der Waals surface area contributed by atoms with Crippen molar-refractivity contribution in [3.05, 3.63) is 29.6 Å². The van der Waals surface area contributed by atoms with E-state index in [1.807, 2.05) is 0 Å². The molecule has 0 unspecified atom stereocenters. The molecule has 0 spiro atoms. The van der Waals surface area contributed by atoms with Crippen molar-refractivity contribution in [1.82, 2.24) is 10.3 Å². The number of rotatable bonds is 7. The van der Waals surface area contributed by atoms with Crippen LogP contribution in [0.1, 0.15) is 40.1 Å². The fraction of sp³-hybridized carbons (Fsp3) is 0.500. The number of ether oxygens (including phenoxy) is 1. The lowest BCUT2D eigenvalue weighted by atomic mass is 10.0. The van der Waals surface area contributed by atoms with Gasteiger partial charge in [0.25, 0.3) is 5.91 Å². The van der Waals surface area contributed by atoms with Crippen molar-refractivity contribution in [1.29, 1.82) is 0 Å². The number of hydrogen-bond acceptors (Lipinski definition) is 4. The smallest absolute Gasteiger partial charge is 0.354 e. The van der Waals surface area contributed by atoms with Gasteiger partial charge in [-0.2, -0.15) is 0 Å². The van der Waals surface area contributed by atoms with E-state index < -0.39 is 5.97 Å². The third-order valence-electron chi connectivity index (χ3n) is 3.66. The van der Waals surface area contributed by atoms with E-state index in [1.165, 1.54) is 18.3 Å². The van der Waals surface area contributed by atoms with Crippen LogP contribution in [-0.2, 0) is 4.74 Å². The largest absolute Gasteiger partial charge is 0.477 e. The van der Waals surface area contributed by atoms with Crippen molar-refractivity contribution in [2.45, 2.75) is 19.3 Å². The molecule has 1 aromatic rings. The molecule has 1 aromatic heterocycles. The van der Waals surface area contributed by atoms with Crippen LogP contribution >= 0.6 is 0 Å². The molecule has 0 aliphatic heterocycles. The first-order chi connectivity index (χ1) is 9.56. The predicted molar refractivity (Wildman–Crippen MR) is 71.7 cm³/mol. The summed E-state index contributed by atoms with van der Waals surface area (Å²) in [7, 11) is 1.67. The fourth-order valence-electron chi connectivity index (χ4n) is 2.07. The Morgan fingerprint density at radius 3 is 2.85 bits per heavy atom. The summed E-state index contributed by atoms with van der Waals surface area (Å²) in [5.41, 5.74) is 0.354. The molecular weight excluding hydrogens is 260 g/mol. The van der Waals surface area contributed by atoms with Gasteiger partial charge in [-0.05, 0) is 36.8 Å². The second-order valence-corrected chi connectivity index (χ2v) is 5.16. The number of carbonyl (C=O) groups is 2. The lowest BCUT2D eigenvalue weighted by Gasteiger charge is -2.15. The van der Waals surface area contributed by atoms with Crippen molar-refractivity contribution >= 4 is 11.9 Å². The number of carboxylic acid groups (broad SMARTS) is 1. The Labute approximate surface area is 117 Å². The quantitative estimate of drug-likeness (QED) is 0.785. The summed E-state index contributed by atoms with van der Waals surface area (Å²) in [4.78, 5) is 26.5. The maximum atomic E-state index is 12.0. The zero-order chi connectivity index (χ0) is 14.6. The minimum atomic E-state index is -1.14. The molecule has 0 aromatic carbocycles. The van der Waals surface area contributed by atoms with Gasteiger partial charge in [0.1, 0.15) is 5.69 Å². The predicted octanol–water partition coefficient (Wildman–Crippen LogP) is 1.33. The molecule has 0 saturated heterocycles. The monoisotopic (exact) mass is 278 g/mol. The molecule has 1 aliphatic carbocycles. The highest BCUT2D eigenvalue weighted by Crippen LogP contribution is 2.48. The number of carboxylic acids is 1. The lowest BCUT2D eigenvalue weighted by Crippen LogP contribution is -2.31. The van der Waals surface area contributed by atoms with Crippen LogP contribution in [0.5, 0.6) is 0 Å². The van der Waals surface area contributed by atoms with E-state index in [0.29, 0.717) is 18.7 Å². The lowest BCUT2D eigenvalue weighted by molar-refractivity contribution is 0.0690. The first kappa shape index (κ1) is 14.5. The van der Waals surface area contributed by atoms with E-state index in [-0.39, 0.29) is 17.0 Å². The maximum absolute atomic E-state index is 12.0. The number of amides is 1. The van der Waals surface area contributed by atoms with Crippen molar-refractivity contribution in [3.63, 3.8) is 0 Å². The number of aromatic carboxylic acids is 1. The van der Waals surface area contributed by atoms with E-state index in [2.05, 4.69) is 10.3 Å². The molecular formula is C14H18N2O4. The van der Waals surface area contributed by atoms with Gasteiger partial charge < -0.3 is 15.2 Å².